The Labute approximate surface area is 138 Å². The lowest BCUT2D eigenvalue weighted by Gasteiger charge is -2.32. The van der Waals surface area contributed by atoms with Gasteiger partial charge in [0.05, 0.1) is 6.54 Å². The number of carbonyl (C=O) groups is 1. The summed E-state index contributed by atoms with van der Waals surface area (Å²) in [5, 5.41) is 3.16. The molecule has 2 fully saturated rings. The minimum absolute atomic E-state index is 0.162. The average Bonchev–Trinajstić information content (AvgIpc) is 2.93. The maximum absolute atomic E-state index is 12.2. The lowest BCUT2D eigenvalue weighted by atomic mass is 9.94. The Morgan fingerprint density at radius 2 is 2.22 bits per heavy atom. The zero-order valence-corrected chi connectivity index (χ0v) is 14.0. The van der Waals surface area contributed by atoms with E-state index in [2.05, 4.69) is 19.8 Å². The molecule has 3 rings (SSSR count). The minimum Gasteiger partial charge on any atom is -0.381 e. The summed E-state index contributed by atoms with van der Waals surface area (Å²) in [6.07, 6.45) is 9.13. The number of piperidine rings is 1. The smallest absolute Gasteiger partial charge is 0.234 e. The second-order valence-corrected chi connectivity index (χ2v) is 6.86. The van der Waals surface area contributed by atoms with Crippen molar-refractivity contribution in [3.8, 4) is 0 Å². The van der Waals surface area contributed by atoms with Crippen LogP contribution in [-0.2, 0) is 23.0 Å². The van der Waals surface area contributed by atoms with E-state index in [0.29, 0.717) is 18.5 Å². The fourth-order valence-electron chi connectivity index (χ4n) is 3.63. The second kappa shape index (κ2) is 7.93. The molecule has 0 aliphatic carbocycles. The monoisotopic (exact) mass is 320 g/mol. The average molecular weight is 320 g/mol. The number of ether oxygens (including phenoxy) is 1. The van der Waals surface area contributed by atoms with E-state index in [1.54, 1.807) is 0 Å². The van der Waals surface area contributed by atoms with Gasteiger partial charge in [-0.2, -0.15) is 0 Å². The highest BCUT2D eigenvalue weighted by atomic mass is 16.5. The van der Waals surface area contributed by atoms with Gasteiger partial charge >= 0.3 is 0 Å². The molecule has 0 bridgehead atoms. The van der Waals surface area contributed by atoms with E-state index in [-0.39, 0.29) is 5.91 Å². The number of aryl methyl sites for hydroxylation is 1. The van der Waals surface area contributed by atoms with Gasteiger partial charge in [0.25, 0.3) is 0 Å². The zero-order chi connectivity index (χ0) is 16.1. The molecule has 2 saturated heterocycles. The molecule has 1 atom stereocenters. The summed E-state index contributed by atoms with van der Waals surface area (Å²) in [4.78, 5) is 19.0. The van der Waals surface area contributed by atoms with E-state index in [4.69, 9.17) is 4.74 Å². The summed E-state index contributed by atoms with van der Waals surface area (Å²) in [5.74, 6) is 1.90. The van der Waals surface area contributed by atoms with Crippen molar-refractivity contribution < 1.29 is 9.53 Å². The van der Waals surface area contributed by atoms with Gasteiger partial charge in [-0.15, -0.1) is 0 Å². The first-order valence-corrected chi connectivity index (χ1v) is 8.76. The predicted octanol–water partition coefficient (Wildman–Crippen LogP) is 0.970. The molecule has 1 aromatic heterocycles. The summed E-state index contributed by atoms with van der Waals surface area (Å²) >= 11 is 0. The van der Waals surface area contributed by atoms with Crippen LogP contribution in [0.3, 0.4) is 0 Å². The van der Waals surface area contributed by atoms with Crippen LogP contribution in [0.2, 0.25) is 0 Å². The highest BCUT2D eigenvalue weighted by Crippen LogP contribution is 2.20. The third kappa shape index (κ3) is 4.78. The zero-order valence-electron chi connectivity index (χ0n) is 14.0. The Hall–Kier alpha value is -1.40. The first-order chi connectivity index (χ1) is 11.2. The van der Waals surface area contributed by atoms with Crippen LogP contribution >= 0.6 is 0 Å². The molecule has 0 aromatic carbocycles. The Morgan fingerprint density at radius 3 is 2.96 bits per heavy atom. The topological polar surface area (TPSA) is 59.4 Å². The van der Waals surface area contributed by atoms with Crippen molar-refractivity contribution in [1.82, 2.24) is 19.8 Å². The number of nitrogens with one attached hydrogen (secondary N) is 1. The molecule has 0 saturated carbocycles. The highest BCUT2D eigenvalue weighted by Gasteiger charge is 2.24. The Bertz CT molecular complexity index is 510. The van der Waals surface area contributed by atoms with Crippen molar-refractivity contribution in [1.29, 1.82) is 0 Å². The number of imidazole rings is 1. The number of amides is 1. The Morgan fingerprint density at radius 1 is 1.39 bits per heavy atom. The number of likely N-dealkylation sites (tertiary alicyclic amines) is 1. The maximum atomic E-state index is 12.2. The number of aromatic nitrogens is 2. The van der Waals surface area contributed by atoms with E-state index in [1.807, 2.05) is 19.4 Å². The SMILES string of the molecule is Cn1ccnc1CC1CCCN(CC(=O)NC2CCOCC2)C1. The molecule has 23 heavy (non-hydrogen) atoms. The molecule has 2 aliphatic heterocycles. The number of hydrogen-bond acceptors (Lipinski definition) is 4. The van der Waals surface area contributed by atoms with E-state index in [9.17, 15) is 4.79 Å². The number of nitrogens with zero attached hydrogens (tertiary/aromatic N) is 3. The molecule has 128 valence electrons. The van der Waals surface area contributed by atoms with Crippen LogP contribution in [-0.4, -0.2) is 59.2 Å². The van der Waals surface area contributed by atoms with Crippen molar-refractivity contribution >= 4 is 5.91 Å². The summed E-state index contributed by atoms with van der Waals surface area (Å²) in [6.45, 7) is 4.07. The summed E-state index contributed by atoms with van der Waals surface area (Å²) in [7, 11) is 2.05. The normalized spacial score (nSPS) is 23.8. The summed E-state index contributed by atoms with van der Waals surface area (Å²) in [5.41, 5.74) is 0. The van der Waals surface area contributed by atoms with Gasteiger partial charge in [0, 0.05) is 51.7 Å². The summed E-state index contributed by atoms with van der Waals surface area (Å²) in [6, 6.07) is 0.296. The van der Waals surface area contributed by atoms with Gasteiger partial charge in [0.15, 0.2) is 0 Å². The van der Waals surface area contributed by atoms with Gasteiger partial charge in [-0.05, 0) is 38.1 Å². The van der Waals surface area contributed by atoms with Crippen LogP contribution in [0.1, 0.15) is 31.5 Å². The van der Waals surface area contributed by atoms with Crippen molar-refractivity contribution in [3.63, 3.8) is 0 Å². The van der Waals surface area contributed by atoms with Gasteiger partial charge in [-0.3, -0.25) is 9.69 Å². The van der Waals surface area contributed by atoms with E-state index < -0.39 is 0 Å². The molecular weight excluding hydrogens is 292 g/mol. The molecule has 1 unspecified atom stereocenters. The van der Waals surface area contributed by atoms with E-state index in [1.165, 1.54) is 12.8 Å². The van der Waals surface area contributed by atoms with E-state index >= 15 is 0 Å². The molecule has 6 nitrogen and oxygen atoms in total. The fraction of sp³-hybridized carbons (Fsp3) is 0.765. The minimum atomic E-state index is 0.162. The lowest BCUT2D eigenvalue weighted by Crippen LogP contribution is -2.46. The molecule has 0 spiro atoms. The van der Waals surface area contributed by atoms with Crippen LogP contribution < -0.4 is 5.32 Å². The van der Waals surface area contributed by atoms with E-state index in [0.717, 1.165) is 51.4 Å². The maximum Gasteiger partial charge on any atom is 0.234 e. The molecule has 2 aliphatic rings. The molecule has 3 heterocycles. The van der Waals surface area contributed by atoms with Crippen molar-refractivity contribution in [2.75, 3.05) is 32.8 Å². The molecule has 0 radical (unpaired) electrons. The largest absolute Gasteiger partial charge is 0.381 e. The first-order valence-electron chi connectivity index (χ1n) is 8.76. The Balaban J connectivity index is 1.44. The number of carbonyl (C=O) groups excluding carboxylic acids is 1. The molecule has 1 N–H and O–H groups in total. The van der Waals surface area contributed by atoms with Gasteiger partial charge in [-0.1, -0.05) is 0 Å². The van der Waals surface area contributed by atoms with Crippen LogP contribution in [0.15, 0.2) is 12.4 Å². The van der Waals surface area contributed by atoms with Crippen LogP contribution in [0.25, 0.3) is 0 Å². The van der Waals surface area contributed by atoms with Gasteiger partial charge < -0.3 is 14.6 Å². The molecule has 6 heteroatoms. The highest BCUT2D eigenvalue weighted by molar-refractivity contribution is 5.78. The quantitative estimate of drug-likeness (QED) is 0.878. The second-order valence-electron chi connectivity index (χ2n) is 6.86. The first kappa shape index (κ1) is 16.5. The van der Waals surface area contributed by atoms with Gasteiger partial charge in [0.1, 0.15) is 5.82 Å². The molecular formula is C17H28N4O2. The van der Waals surface area contributed by atoms with Gasteiger partial charge in [0.2, 0.25) is 5.91 Å². The Kier molecular flexibility index (Phi) is 5.67. The predicted molar refractivity (Wildman–Crippen MR) is 88.1 cm³/mol. The van der Waals surface area contributed by atoms with Crippen molar-refractivity contribution in [2.45, 2.75) is 38.1 Å². The third-order valence-electron chi connectivity index (χ3n) is 4.95. The summed E-state index contributed by atoms with van der Waals surface area (Å²) < 4.78 is 7.43. The van der Waals surface area contributed by atoms with Crippen molar-refractivity contribution in [3.05, 3.63) is 18.2 Å². The van der Waals surface area contributed by atoms with Crippen LogP contribution in [0.5, 0.6) is 0 Å². The fourth-order valence-corrected chi connectivity index (χ4v) is 3.63. The number of hydrogen-bond donors (Lipinski definition) is 1. The van der Waals surface area contributed by atoms with Gasteiger partial charge in [-0.25, -0.2) is 4.98 Å². The van der Waals surface area contributed by atoms with Crippen LogP contribution in [0.4, 0.5) is 0 Å². The lowest BCUT2D eigenvalue weighted by molar-refractivity contribution is -0.124. The molecule has 1 aromatic rings. The van der Waals surface area contributed by atoms with Crippen LogP contribution in [0, 0.1) is 5.92 Å². The standard InChI is InChI=1S/C17H28N4O2/c1-20-8-6-18-16(20)11-14-3-2-7-21(12-14)13-17(22)19-15-4-9-23-10-5-15/h6,8,14-15H,2-5,7,9-13H2,1H3,(H,19,22). The third-order valence-corrected chi connectivity index (χ3v) is 4.95. The number of rotatable bonds is 5. The van der Waals surface area contributed by atoms with Crippen molar-refractivity contribution in [2.24, 2.45) is 13.0 Å². The molecule has 1 amide bonds.